The minimum atomic E-state index is -3.71. The smallest absolute Gasteiger partial charge is 0.255 e. The van der Waals surface area contributed by atoms with E-state index in [0.29, 0.717) is 10.2 Å². The molecule has 20 heavy (non-hydrogen) atoms. The van der Waals surface area contributed by atoms with Gasteiger partial charge in [0.05, 0.1) is 20.6 Å². The fourth-order valence-corrected chi connectivity index (χ4v) is 3.93. The molecule has 0 radical (unpaired) electrons. The number of anilines is 1. The van der Waals surface area contributed by atoms with Gasteiger partial charge in [0.2, 0.25) is 0 Å². The molecule has 1 N–H and O–H groups in total. The third-order valence-electron chi connectivity index (χ3n) is 2.54. The lowest BCUT2D eigenvalue weighted by atomic mass is 10.2. The summed E-state index contributed by atoms with van der Waals surface area (Å²) in [6, 6.07) is 4.15. The zero-order chi connectivity index (χ0) is 14.9. The van der Waals surface area contributed by atoms with Gasteiger partial charge in [-0.2, -0.15) is 0 Å². The van der Waals surface area contributed by atoms with Gasteiger partial charge in [0.25, 0.3) is 10.0 Å². The number of hydrogen-bond donors (Lipinski definition) is 1. The molecule has 1 aromatic carbocycles. The Bertz CT molecular complexity index is 727. The first-order valence-electron chi connectivity index (χ1n) is 5.73. The molecule has 0 saturated heterocycles. The Morgan fingerprint density at radius 2 is 1.95 bits per heavy atom. The molecule has 0 amide bonds. The standard InChI is InChI=1S/C12H12Cl2N2O2S2/c1-7(2)11-6-19-12(15-11)16-20(17,18)8-3-4-9(13)10(14)5-8/h3-7H,1-2H3,(H,15,16). The number of nitrogens with zero attached hydrogens (tertiary/aromatic N) is 1. The van der Waals surface area contributed by atoms with Crippen LogP contribution in [0.1, 0.15) is 25.5 Å². The Kier molecular flexibility index (Phi) is 4.59. The Labute approximate surface area is 131 Å². The minimum absolute atomic E-state index is 0.0493. The van der Waals surface area contributed by atoms with Crippen molar-refractivity contribution in [2.75, 3.05) is 4.72 Å². The monoisotopic (exact) mass is 350 g/mol. The van der Waals surface area contributed by atoms with Crippen molar-refractivity contribution in [1.29, 1.82) is 0 Å². The van der Waals surface area contributed by atoms with E-state index in [1.54, 1.807) is 0 Å². The lowest BCUT2D eigenvalue weighted by Crippen LogP contribution is -2.12. The first kappa shape index (κ1) is 15.6. The molecule has 108 valence electrons. The van der Waals surface area contributed by atoms with E-state index in [1.165, 1.54) is 29.5 Å². The average Bonchev–Trinajstić information content (AvgIpc) is 2.80. The summed E-state index contributed by atoms with van der Waals surface area (Å²) in [7, 11) is -3.71. The van der Waals surface area contributed by atoms with Crippen molar-refractivity contribution >= 4 is 49.7 Å². The second-order valence-electron chi connectivity index (χ2n) is 4.41. The molecule has 4 nitrogen and oxygen atoms in total. The number of halogens is 2. The predicted octanol–water partition coefficient (Wildman–Crippen LogP) is 4.37. The van der Waals surface area contributed by atoms with Crippen LogP contribution < -0.4 is 4.72 Å². The van der Waals surface area contributed by atoms with E-state index in [4.69, 9.17) is 23.2 Å². The van der Waals surface area contributed by atoms with Crippen LogP contribution in [0.15, 0.2) is 28.5 Å². The number of nitrogens with one attached hydrogen (secondary N) is 1. The van der Waals surface area contributed by atoms with Crippen LogP contribution in [0.3, 0.4) is 0 Å². The molecule has 0 aliphatic carbocycles. The second kappa shape index (κ2) is 5.89. The van der Waals surface area contributed by atoms with Gasteiger partial charge in [0.1, 0.15) is 0 Å². The molecule has 1 heterocycles. The van der Waals surface area contributed by atoms with Gasteiger partial charge >= 0.3 is 0 Å². The quantitative estimate of drug-likeness (QED) is 0.890. The van der Waals surface area contributed by atoms with Crippen LogP contribution in [0.2, 0.25) is 10.0 Å². The number of rotatable bonds is 4. The molecule has 0 unspecified atom stereocenters. The summed E-state index contributed by atoms with van der Waals surface area (Å²) >= 11 is 12.8. The normalized spacial score (nSPS) is 11.8. The number of benzene rings is 1. The van der Waals surface area contributed by atoms with E-state index < -0.39 is 10.0 Å². The van der Waals surface area contributed by atoms with Gasteiger partial charge in [-0.15, -0.1) is 11.3 Å². The zero-order valence-electron chi connectivity index (χ0n) is 10.7. The first-order chi connectivity index (χ1) is 9.29. The van der Waals surface area contributed by atoms with Crippen molar-refractivity contribution in [3.05, 3.63) is 39.3 Å². The topological polar surface area (TPSA) is 59.1 Å². The highest BCUT2D eigenvalue weighted by molar-refractivity contribution is 7.93. The van der Waals surface area contributed by atoms with Crippen molar-refractivity contribution < 1.29 is 8.42 Å². The molecule has 1 aromatic heterocycles. The lowest BCUT2D eigenvalue weighted by Gasteiger charge is -2.06. The van der Waals surface area contributed by atoms with Crippen molar-refractivity contribution in [3.8, 4) is 0 Å². The van der Waals surface area contributed by atoms with Gasteiger partial charge < -0.3 is 0 Å². The molecule has 0 saturated carbocycles. The summed E-state index contributed by atoms with van der Waals surface area (Å²) < 4.78 is 26.8. The maximum Gasteiger partial charge on any atom is 0.263 e. The Morgan fingerprint density at radius 3 is 2.50 bits per heavy atom. The van der Waals surface area contributed by atoms with Gasteiger partial charge in [-0.25, -0.2) is 13.4 Å². The van der Waals surface area contributed by atoms with Crippen LogP contribution in [-0.2, 0) is 10.0 Å². The fraction of sp³-hybridized carbons (Fsp3) is 0.250. The summed E-state index contributed by atoms with van der Waals surface area (Å²) in [6.45, 7) is 3.98. The van der Waals surface area contributed by atoms with Gasteiger partial charge in [-0.3, -0.25) is 4.72 Å². The highest BCUT2D eigenvalue weighted by Crippen LogP contribution is 2.27. The van der Waals surface area contributed by atoms with Crippen LogP contribution in [0.5, 0.6) is 0 Å². The summed E-state index contributed by atoms with van der Waals surface area (Å²) in [4.78, 5) is 4.28. The Hall–Kier alpha value is -0.820. The van der Waals surface area contributed by atoms with Crippen molar-refractivity contribution in [1.82, 2.24) is 4.98 Å². The summed E-state index contributed by atoms with van der Waals surface area (Å²) in [5.41, 5.74) is 0.849. The number of sulfonamides is 1. The predicted molar refractivity (Wildman–Crippen MR) is 83.5 cm³/mol. The van der Waals surface area contributed by atoms with E-state index in [2.05, 4.69) is 9.71 Å². The fourth-order valence-electron chi connectivity index (χ4n) is 1.42. The van der Waals surface area contributed by atoms with Crippen LogP contribution in [0.4, 0.5) is 5.13 Å². The largest absolute Gasteiger partial charge is 0.263 e. The maximum absolute atomic E-state index is 12.2. The first-order valence-corrected chi connectivity index (χ1v) is 8.85. The second-order valence-corrected chi connectivity index (χ2v) is 7.77. The highest BCUT2D eigenvalue weighted by Gasteiger charge is 2.17. The third-order valence-corrected chi connectivity index (χ3v) is 5.52. The highest BCUT2D eigenvalue weighted by atomic mass is 35.5. The van der Waals surface area contributed by atoms with E-state index >= 15 is 0 Å². The molecular weight excluding hydrogens is 339 g/mol. The van der Waals surface area contributed by atoms with Gasteiger partial charge in [0, 0.05) is 5.38 Å². The molecule has 2 rings (SSSR count). The molecule has 2 aromatic rings. The van der Waals surface area contributed by atoms with Gasteiger partial charge in [-0.1, -0.05) is 37.0 Å². The van der Waals surface area contributed by atoms with E-state index in [-0.39, 0.29) is 15.8 Å². The van der Waals surface area contributed by atoms with Crippen molar-refractivity contribution in [2.24, 2.45) is 0 Å². The summed E-state index contributed by atoms with van der Waals surface area (Å²) in [5, 5.41) is 2.66. The van der Waals surface area contributed by atoms with E-state index in [9.17, 15) is 8.42 Å². The SMILES string of the molecule is CC(C)c1csc(NS(=O)(=O)c2ccc(Cl)c(Cl)c2)n1. The number of aromatic nitrogens is 1. The molecule has 0 aliphatic rings. The van der Waals surface area contributed by atoms with Crippen LogP contribution in [0.25, 0.3) is 0 Å². The molecular formula is C12H12Cl2N2O2S2. The van der Waals surface area contributed by atoms with Gasteiger partial charge in [-0.05, 0) is 24.1 Å². The third kappa shape index (κ3) is 3.44. The van der Waals surface area contributed by atoms with Crippen molar-refractivity contribution in [3.63, 3.8) is 0 Å². The molecule has 0 atom stereocenters. The van der Waals surface area contributed by atoms with Crippen LogP contribution >= 0.6 is 34.5 Å². The number of thiazole rings is 1. The molecule has 0 bridgehead atoms. The Balaban J connectivity index is 2.28. The van der Waals surface area contributed by atoms with Crippen LogP contribution in [0, 0.1) is 0 Å². The molecule has 0 spiro atoms. The van der Waals surface area contributed by atoms with E-state index in [0.717, 1.165) is 5.69 Å². The minimum Gasteiger partial charge on any atom is -0.255 e. The number of hydrogen-bond acceptors (Lipinski definition) is 4. The Morgan fingerprint density at radius 1 is 1.25 bits per heavy atom. The summed E-state index contributed by atoms with van der Waals surface area (Å²) in [6.07, 6.45) is 0. The van der Waals surface area contributed by atoms with E-state index in [1.807, 2.05) is 19.2 Å². The molecule has 0 fully saturated rings. The molecule has 8 heteroatoms. The molecule has 0 aliphatic heterocycles. The van der Waals surface area contributed by atoms with Crippen LogP contribution in [-0.4, -0.2) is 13.4 Å². The van der Waals surface area contributed by atoms with Crippen molar-refractivity contribution in [2.45, 2.75) is 24.7 Å². The average molecular weight is 351 g/mol. The lowest BCUT2D eigenvalue weighted by molar-refractivity contribution is 0.601. The zero-order valence-corrected chi connectivity index (χ0v) is 13.9. The van der Waals surface area contributed by atoms with Gasteiger partial charge in [0.15, 0.2) is 5.13 Å². The summed E-state index contributed by atoms with van der Waals surface area (Å²) in [5.74, 6) is 0.245. The maximum atomic E-state index is 12.2.